The van der Waals surface area contributed by atoms with Gasteiger partial charge in [-0.1, -0.05) is 35.5 Å². The van der Waals surface area contributed by atoms with E-state index in [0.717, 1.165) is 30.6 Å². The van der Waals surface area contributed by atoms with E-state index < -0.39 is 0 Å². The maximum Gasteiger partial charge on any atom is 0.191 e. The molecule has 0 spiro atoms. The van der Waals surface area contributed by atoms with Crippen LogP contribution in [0.3, 0.4) is 0 Å². The number of benzene rings is 1. The van der Waals surface area contributed by atoms with Gasteiger partial charge in [0, 0.05) is 18.9 Å². The van der Waals surface area contributed by atoms with Crippen LogP contribution in [0, 0.1) is 0 Å². The number of para-hydroxylation sites is 1. The molecule has 0 bridgehead atoms. The van der Waals surface area contributed by atoms with Crippen LogP contribution in [-0.2, 0) is 18.4 Å². The van der Waals surface area contributed by atoms with Crippen LogP contribution in [0.1, 0.15) is 12.2 Å². The van der Waals surface area contributed by atoms with Crippen molar-refractivity contribution in [2.45, 2.75) is 23.4 Å². The van der Waals surface area contributed by atoms with Gasteiger partial charge in [-0.05, 0) is 18.6 Å². The lowest BCUT2D eigenvalue weighted by Gasteiger charge is -2.09. The van der Waals surface area contributed by atoms with Crippen LogP contribution in [0.2, 0.25) is 5.02 Å². The number of rotatable bonds is 5. The fraction of sp³-hybridized carbons (Fsp3) is 0.429. The Balaban J connectivity index is 1.63. The number of aromatic nitrogens is 3. The van der Waals surface area contributed by atoms with Crippen molar-refractivity contribution in [3.8, 4) is 5.75 Å². The third-order valence-electron chi connectivity index (χ3n) is 3.28. The first-order valence-electron chi connectivity index (χ1n) is 6.74. The Morgan fingerprint density at radius 3 is 3.05 bits per heavy atom. The zero-order chi connectivity index (χ0) is 14.7. The first-order chi connectivity index (χ1) is 10.2. The Morgan fingerprint density at radius 2 is 2.29 bits per heavy atom. The van der Waals surface area contributed by atoms with Gasteiger partial charge in [-0.15, -0.1) is 10.2 Å². The summed E-state index contributed by atoms with van der Waals surface area (Å²) in [7, 11) is 1.95. The summed E-state index contributed by atoms with van der Waals surface area (Å²) in [5.41, 5.74) is 0. The van der Waals surface area contributed by atoms with Gasteiger partial charge in [0.2, 0.25) is 0 Å². The summed E-state index contributed by atoms with van der Waals surface area (Å²) in [6, 6.07) is 7.40. The molecule has 0 radical (unpaired) electrons. The Hall–Kier alpha value is -1.24. The molecule has 1 atom stereocenters. The van der Waals surface area contributed by atoms with Gasteiger partial charge < -0.3 is 14.0 Å². The number of thioether (sulfide) groups is 1. The van der Waals surface area contributed by atoms with E-state index >= 15 is 0 Å². The Labute approximate surface area is 132 Å². The summed E-state index contributed by atoms with van der Waals surface area (Å²) in [6.07, 6.45) is 1.06. The lowest BCUT2D eigenvalue weighted by molar-refractivity contribution is 0.199. The summed E-state index contributed by atoms with van der Waals surface area (Å²) in [5, 5.41) is 10.4. The summed E-state index contributed by atoms with van der Waals surface area (Å²) in [4.78, 5) is 0. The van der Waals surface area contributed by atoms with Crippen LogP contribution in [0.5, 0.6) is 5.75 Å². The highest BCUT2D eigenvalue weighted by Crippen LogP contribution is 2.28. The van der Waals surface area contributed by atoms with Crippen LogP contribution >= 0.6 is 23.4 Å². The average molecular weight is 326 g/mol. The topological polar surface area (TPSA) is 49.2 Å². The van der Waals surface area contributed by atoms with Crippen molar-refractivity contribution in [2.75, 3.05) is 13.2 Å². The molecule has 1 aromatic carbocycles. The van der Waals surface area contributed by atoms with Gasteiger partial charge in [-0.25, -0.2) is 0 Å². The average Bonchev–Trinajstić information content (AvgIpc) is 3.11. The molecule has 0 N–H and O–H groups in total. The number of hydrogen-bond acceptors (Lipinski definition) is 5. The second-order valence-electron chi connectivity index (χ2n) is 4.78. The third-order valence-corrected chi connectivity index (χ3v) is 4.86. The highest BCUT2D eigenvalue weighted by Gasteiger charge is 2.20. The normalized spacial score (nSPS) is 18.1. The Bertz CT molecular complexity index is 614. The van der Waals surface area contributed by atoms with Crippen molar-refractivity contribution in [1.29, 1.82) is 0 Å². The van der Waals surface area contributed by atoms with Gasteiger partial charge in [0.05, 0.1) is 11.6 Å². The van der Waals surface area contributed by atoms with Crippen LogP contribution in [0.15, 0.2) is 29.4 Å². The first kappa shape index (κ1) is 14.7. The largest absolute Gasteiger partial charge is 0.484 e. The minimum Gasteiger partial charge on any atom is -0.484 e. The summed E-state index contributed by atoms with van der Waals surface area (Å²) in [6.45, 7) is 1.95. The quantitative estimate of drug-likeness (QED) is 0.846. The summed E-state index contributed by atoms with van der Waals surface area (Å²) in [5.74, 6) is 1.43. The molecular weight excluding hydrogens is 310 g/mol. The van der Waals surface area contributed by atoms with E-state index in [4.69, 9.17) is 21.1 Å². The molecular formula is C14H16ClN3O2S. The summed E-state index contributed by atoms with van der Waals surface area (Å²) >= 11 is 7.77. The van der Waals surface area contributed by atoms with Crippen molar-refractivity contribution < 1.29 is 9.47 Å². The molecule has 1 fully saturated rings. The molecule has 1 saturated heterocycles. The molecule has 2 heterocycles. The number of nitrogens with zero attached hydrogens (tertiary/aromatic N) is 3. The molecule has 1 aliphatic heterocycles. The SMILES string of the molecule is Cn1c(COc2ccccc2Cl)nnc1S[C@H]1CCOC1. The molecule has 2 aromatic rings. The second-order valence-corrected chi connectivity index (χ2v) is 6.46. The standard InChI is InChI=1S/C14H16ClN3O2S/c1-18-13(9-20-12-5-3-2-4-11(12)15)16-17-14(18)21-10-6-7-19-8-10/h2-5,10H,6-9H2,1H3/t10-/m0/s1. The second kappa shape index (κ2) is 6.68. The number of hydrogen-bond donors (Lipinski definition) is 0. The van der Waals surface area contributed by atoms with Crippen molar-refractivity contribution in [1.82, 2.24) is 14.8 Å². The van der Waals surface area contributed by atoms with Gasteiger partial charge in [0.1, 0.15) is 12.4 Å². The molecule has 1 aromatic heterocycles. The van der Waals surface area contributed by atoms with E-state index in [2.05, 4.69) is 10.2 Å². The molecule has 0 unspecified atom stereocenters. The van der Waals surface area contributed by atoms with Crippen LogP contribution in [0.4, 0.5) is 0 Å². The van der Waals surface area contributed by atoms with Crippen LogP contribution < -0.4 is 4.74 Å². The highest BCUT2D eigenvalue weighted by atomic mass is 35.5. The van der Waals surface area contributed by atoms with Gasteiger partial charge in [-0.3, -0.25) is 0 Å². The smallest absolute Gasteiger partial charge is 0.191 e. The van der Waals surface area contributed by atoms with E-state index in [1.807, 2.05) is 29.8 Å². The molecule has 21 heavy (non-hydrogen) atoms. The van der Waals surface area contributed by atoms with Crippen molar-refractivity contribution >= 4 is 23.4 Å². The van der Waals surface area contributed by atoms with E-state index in [9.17, 15) is 0 Å². The third kappa shape index (κ3) is 3.51. The zero-order valence-electron chi connectivity index (χ0n) is 11.7. The highest BCUT2D eigenvalue weighted by molar-refractivity contribution is 7.99. The Morgan fingerprint density at radius 1 is 1.43 bits per heavy atom. The number of halogens is 1. The van der Waals surface area contributed by atoms with E-state index in [1.54, 1.807) is 17.8 Å². The van der Waals surface area contributed by atoms with Gasteiger partial charge in [0.15, 0.2) is 11.0 Å². The predicted molar refractivity (Wildman–Crippen MR) is 81.9 cm³/mol. The maximum absolute atomic E-state index is 6.06. The van der Waals surface area contributed by atoms with E-state index in [0.29, 0.717) is 22.6 Å². The molecule has 1 aliphatic rings. The monoisotopic (exact) mass is 325 g/mol. The molecule has 5 nitrogen and oxygen atoms in total. The number of ether oxygens (including phenoxy) is 2. The lowest BCUT2D eigenvalue weighted by Crippen LogP contribution is -2.06. The van der Waals surface area contributed by atoms with Gasteiger partial charge in [0.25, 0.3) is 0 Å². The minimum atomic E-state index is 0.342. The van der Waals surface area contributed by atoms with Gasteiger partial charge >= 0.3 is 0 Å². The molecule has 3 rings (SSSR count). The first-order valence-corrected chi connectivity index (χ1v) is 8.00. The van der Waals surface area contributed by atoms with E-state index in [-0.39, 0.29) is 0 Å². The minimum absolute atomic E-state index is 0.342. The molecule has 0 amide bonds. The summed E-state index contributed by atoms with van der Waals surface area (Å²) < 4.78 is 13.0. The van der Waals surface area contributed by atoms with Crippen molar-refractivity contribution in [3.63, 3.8) is 0 Å². The molecule has 0 saturated carbocycles. The predicted octanol–water partition coefficient (Wildman–Crippen LogP) is 2.93. The fourth-order valence-electron chi connectivity index (χ4n) is 2.03. The van der Waals surface area contributed by atoms with Crippen LogP contribution in [-0.4, -0.2) is 33.2 Å². The zero-order valence-corrected chi connectivity index (χ0v) is 13.2. The lowest BCUT2D eigenvalue weighted by atomic mass is 10.3. The van der Waals surface area contributed by atoms with E-state index in [1.165, 1.54) is 0 Å². The fourth-order valence-corrected chi connectivity index (χ4v) is 3.25. The molecule has 0 aliphatic carbocycles. The van der Waals surface area contributed by atoms with Gasteiger partial charge in [-0.2, -0.15) is 0 Å². The molecule has 112 valence electrons. The molecule has 7 heteroatoms. The Kier molecular flexibility index (Phi) is 4.67. The maximum atomic E-state index is 6.06. The van der Waals surface area contributed by atoms with Crippen LogP contribution in [0.25, 0.3) is 0 Å². The van der Waals surface area contributed by atoms with Crippen molar-refractivity contribution in [3.05, 3.63) is 35.1 Å². The van der Waals surface area contributed by atoms with Crippen molar-refractivity contribution in [2.24, 2.45) is 7.05 Å².